The van der Waals surface area contributed by atoms with Gasteiger partial charge in [0.15, 0.2) is 0 Å². The summed E-state index contributed by atoms with van der Waals surface area (Å²) in [4.78, 5) is 11.8. The third-order valence-electron chi connectivity index (χ3n) is 3.46. The molecular weight excluding hydrogens is 317 g/mol. The van der Waals surface area contributed by atoms with E-state index in [0.29, 0.717) is 13.0 Å². The normalized spacial score (nSPS) is 11.3. The maximum Gasteiger partial charge on any atom is 0.416 e. The van der Waals surface area contributed by atoms with E-state index in [1.807, 2.05) is 31.2 Å². The molecule has 0 aromatic heterocycles. The van der Waals surface area contributed by atoms with Crippen LogP contribution in [0.3, 0.4) is 0 Å². The lowest BCUT2D eigenvalue weighted by Gasteiger charge is -2.09. The molecule has 0 aliphatic rings. The maximum atomic E-state index is 12.5. The van der Waals surface area contributed by atoms with Gasteiger partial charge in [-0.05, 0) is 55.3 Å². The number of aryl methyl sites for hydroxylation is 1. The smallest absolute Gasteiger partial charge is 0.325 e. The number of hydrogen-bond donors (Lipinski definition) is 2. The van der Waals surface area contributed by atoms with Crippen molar-refractivity contribution in [1.82, 2.24) is 5.32 Å². The Morgan fingerprint density at radius 1 is 1.08 bits per heavy atom. The van der Waals surface area contributed by atoms with Crippen molar-refractivity contribution < 1.29 is 18.0 Å². The lowest BCUT2D eigenvalue weighted by atomic mass is 10.1. The van der Waals surface area contributed by atoms with Crippen LogP contribution >= 0.6 is 0 Å². The summed E-state index contributed by atoms with van der Waals surface area (Å²) in [6.45, 7) is 2.60. The Kier molecular flexibility index (Phi) is 5.98. The Morgan fingerprint density at radius 3 is 2.42 bits per heavy atom. The number of amides is 1. The van der Waals surface area contributed by atoms with Gasteiger partial charge in [-0.3, -0.25) is 4.79 Å². The topological polar surface area (TPSA) is 41.1 Å². The summed E-state index contributed by atoms with van der Waals surface area (Å²) in [5.74, 6) is -0.159. The van der Waals surface area contributed by atoms with Crippen molar-refractivity contribution in [3.8, 4) is 0 Å². The van der Waals surface area contributed by atoms with Crippen molar-refractivity contribution in [1.29, 1.82) is 0 Å². The number of alkyl halides is 3. The highest BCUT2D eigenvalue weighted by atomic mass is 19.4. The van der Waals surface area contributed by atoms with Crippen LogP contribution in [-0.4, -0.2) is 19.0 Å². The minimum Gasteiger partial charge on any atom is -0.325 e. The van der Waals surface area contributed by atoms with E-state index >= 15 is 0 Å². The van der Waals surface area contributed by atoms with Gasteiger partial charge in [-0.15, -0.1) is 0 Å². The van der Waals surface area contributed by atoms with E-state index in [0.717, 1.165) is 28.9 Å². The first-order chi connectivity index (χ1) is 11.3. The van der Waals surface area contributed by atoms with E-state index in [-0.39, 0.29) is 12.5 Å². The van der Waals surface area contributed by atoms with Crippen molar-refractivity contribution in [2.24, 2.45) is 0 Å². The van der Waals surface area contributed by atoms with Crippen LogP contribution in [0.15, 0.2) is 48.5 Å². The molecule has 0 bridgehead atoms. The van der Waals surface area contributed by atoms with Gasteiger partial charge in [0, 0.05) is 5.69 Å². The molecule has 2 aromatic carbocycles. The Hall–Kier alpha value is -2.34. The van der Waals surface area contributed by atoms with E-state index in [9.17, 15) is 18.0 Å². The highest BCUT2D eigenvalue weighted by molar-refractivity contribution is 5.92. The van der Waals surface area contributed by atoms with Crippen LogP contribution < -0.4 is 10.6 Å². The predicted molar refractivity (Wildman–Crippen MR) is 87.8 cm³/mol. The number of halogens is 3. The largest absolute Gasteiger partial charge is 0.416 e. The Bertz CT molecular complexity index is 681. The SMILES string of the molecule is Cc1cccc(NC(=O)CNCCc2ccc(C(F)(F)F)cc2)c1. The zero-order chi connectivity index (χ0) is 17.6. The van der Waals surface area contributed by atoms with E-state index < -0.39 is 11.7 Å². The quantitative estimate of drug-likeness (QED) is 0.788. The highest BCUT2D eigenvalue weighted by Crippen LogP contribution is 2.29. The molecule has 0 radical (unpaired) electrons. The summed E-state index contributed by atoms with van der Waals surface area (Å²) in [5.41, 5.74) is 1.93. The molecule has 0 saturated heterocycles. The molecule has 0 aliphatic heterocycles. The second kappa shape index (κ2) is 7.97. The Balaban J connectivity index is 1.71. The summed E-state index contributed by atoms with van der Waals surface area (Å²) in [7, 11) is 0. The average Bonchev–Trinajstić information content (AvgIpc) is 2.51. The maximum absolute atomic E-state index is 12.5. The van der Waals surface area contributed by atoms with Gasteiger partial charge in [0.1, 0.15) is 0 Å². The molecule has 0 unspecified atom stereocenters. The molecule has 0 atom stereocenters. The van der Waals surface area contributed by atoms with Crippen LogP contribution in [0.4, 0.5) is 18.9 Å². The molecular formula is C18H19F3N2O. The van der Waals surface area contributed by atoms with Gasteiger partial charge in [0.05, 0.1) is 12.1 Å². The van der Waals surface area contributed by atoms with Crippen molar-refractivity contribution in [3.05, 3.63) is 65.2 Å². The lowest BCUT2D eigenvalue weighted by molar-refractivity contribution is -0.137. The Labute approximate surface area is 138 Å². The predicted octanol–water partition coefficient (Wildman–Crippen LogP) is 3.78. The standard InChI is InChI=1S/C18H19F3N2O/c1-13-3-2-4-16(11-13)23-17(24)12-22-10-9-14-5-7-15(8-6-14)18(19,20)21/h2-8,11,22H,9-10,12H2,1H3,(H,23,24). The first-order valence-corrected chi connectivity index (χ1v) is 7.58. The van der Waals surface area contributed by atoms with Gasteiger partial charge < -0.3 is 10.6 Å². The zero-order valence-corrected chi connectivity index (χ0v) is 13.3. The third-order valence-corrected chi connectivity index (χ3v) is 3.46. The van der Waals surface area contributed by atoms with Gasteiger partial charge in [0.2, 0.25) is 5.91 Å². The van der Waals surface area contributed by atoms with Crippen LogP contribution in [0.1, 0.15) is 16.7 Å². The number of hydrogen-bond acceptors (Lipinski definition) is 2. The van der Waals surface area contributed by atoms with Crippen molar-refractivity contribution in [3.63, 3.8) is 0 Å². The second-order valence-corrected chi connectivity index (χ2v) is 5.54. The highest BCUT2D eigenvalue weighted by Gasteiger charge is 2.29. The molecule has 0 fully saturated rings. The number of nitrogens with one attached hydrogen (secondary N) is 2. The monoisotopic (exact) mass is 336 g/mol. The molecule has 24 heavy (non-hydrogen) atoms. The molecule has 6 heteroatoms. The number of benzene rings is 2. The molecule has 0 aliphatic carbocycles. The molecule has 128 valence electrons. The minimum absolute atomic E-state index is 0.147. The molecule has 0 heterocycles. The Morgan fingerprint density at radius 2 is 1.79 bits per heavy atom. The molecule has 2 N–H and O–H groups in total. The fraction of sp³-hybridized carbons (Fsp3) is 0.278. The molecule has 0 saturated carbocycles. The van der Waals surface area contributed by atoms with Gasteiger partial charge in [0.25, 0.3) is 0 Å². The van der Waals surface area contributed by atoms with Crippen LogP contribution in [0, 0.1) is 6.92 Å². The van der Waals surface area contributed by atoms with E-state index in [1.54, 1.807) is 0 Å². The zero-order valence-electron chi connectivity index (χ0n) is 13.3. The van der Waals surface area contributed by atoms with Crippen molar-refractivity contribution >= 4 is 11.6 Å². The van der Waals surface area contributed by atoms with E-state index in [1.165, 1.54) is 12.1 Å². The van der Waals surface area contributed by atoms with Crippen LogP contribution in [0.5, 0.6) is 0 Å². The van der Waals surface area contributed by atoms with Gasteiger partial charge in [-0.25, -0.2) is 0 Å². The number of carbonyl (C=O) groups is 1. The van der Waals surface area contributed by atoms with Crippen molar-refractivity contribution in [2.45, 2.75) is 19.5 Å². The molecule has 3 nitrogen and oxygen atoms in total. The van der Waals surface area contributed by atoms with Crippen LogP contribution in [-0.2, 0) is 17.4 Å². The summed E-state index contributed by atoms with van der Waals surface area (Å²) >= 11 is 0. The lowest BCUT2D eigenvalue weighted by Crippen LogP contribution is -2.29. The van der Waals surface area contributed by atoms with Crippen LogP contribution in [0.25, 0.3) is 0 Å². The first kappa shape index (κ1) is 18.0. The third kappa shape index (κ3) is 5.70. The van der Waals surface area contributed by atoms with Crippen LogP contribution in [0.2, 0.25) is 0 Å². The number of carbonyl (C=O) groups excluding carboxylic acids is 1. The molecule has 0 spiro atoms. The summed E-state index contributed by atoms with van der Waals surface area (Å²) < 4.78 is 37.4. The van der Waals surface area contributed by atoms with Gasteiger partial charge in [-0.2, -0.15) is 13.2 Å². The summed E-state index contributed by atoms with van der Waals surface area (Å²) in [6.07, 6.45) is -3.76. The second-order valence-electron chi connectivity index (χ2n) is 5.54. The van der Waals surface area contributed by atoms with Gasteiger partial charge in [-0.1, -0.05) is 24.3 Å². The summed E-state index contributed by atoms with van der Waals surface area (Å²) in [6, 6.07) is 12.5. The molecule has 1 amide bonds. The fourth-order valence-corrected chi connectivity index (χ4v) is 2.22. The molecule has 2 rings (SSSR count). The minimum atomic E-state index is -4.31. The van der Waals surface area contributed by atoms with E-state index in [4.69, 9.17) is 0 Å². The van der Waals surface area contributed by atoms with Crippen molar-refractivity contribution in [2.75, 3.05) is 18.4 Å². The fourth-order valence-electron chi connectivity index (χ4n) is 2.22. The number of anilines is 1. The van der Waals surface area contributed by atoms with Gasteiger partial charge >= 0.3 is 6.18 Å². The van der Waals surface area contributed by atoms with E-state index in [2.05, 4.69) is 10.6 Å². The number of rotatable bonds is 6. The first-order valence-electron chi connectivity index (χ1n) is 7.58. The summed E-state index contributed by atoms with van der Waals surface area (Å²) in [5, 5.41) is 5.76. The average molecular weight is 336 g/mol. The molecule has 2 aromatic rings.